The van der Waals surface area contributed by atoms with Crippen LogP contribution in [0.3, 0.4) is 0 Å². The van der Waals surface area contributed by atoms with Gasteiger partial charge in [-0.25, -0.2) is 4.79 Å². The number of hydrogen-bond donors (Lipinski definition) is 3. The predicted octanol–water partition coefficient (Wildman–Crippen LogP) is 3.57. The Morgan fingerprint density at radius 1 is 0.970 bits per heavy atom. The SMILES string of the molecule is COc1ccc2cc(C(=O)NCc3ccc(C(=O)Nc4ccccc4N)cc3)c(=O)oc2c1. The van der Waals surface area contributed by atoms with E-state index in [9.17, 15) is 14.4 Å². The van der Waals surface area contributed by atoms with Crippen molar-refractivity contribution in [3.05, 3.63) is 99.9 Å². The van der Waals surface area contributed by atoms with Crippen LogP contribution in [0.2, 0.25) is 0 Å². The molecule has 4 aromatic rings. The van der Waals surface area contributed by atoms with Gasteiger partial charge in [0.1, 0.15) is 16.9 Å². The molecule has 2 amide bonds. The van der Waals surface area contributed by atoms with E-state index in [1.807, 2.05) is 0 Å². The van der Waals surface area contributed by atoms with Gasteiger partial charge in [0.05, 0.1) is 18.5 Å². The number of nitrogens with one attached hydrogen (secondary N) is 2. The molecule has 0 spiro atoms. The van der Waals surface area contributed by atoms with Gasteiger partial charge in [0, 0.05) is 23.6 Å². The third-order valence-corrected chi connectivity index (χ3v) is 5.07. The van der Waals surface area contributed by atoms with Gasteiger partial charge in [-0.3, -0.25) is 9.59 Å². The molecule has 0 aliphatic heterocycles. The quantitative estimate of drug-likeness (QED) is 0.309. The maximum Gasteiger partial charge on any atom is 0.349 e. The van der Waals surface area contributed by atoms with Crippen molar-refractivity contribution in [2.45, 2.75) is 6.54 Å². The van der Waals surface area contributed by atoms with Gasteiger partial charge in [-0.2, -0.15) is 0 Å². The Balaban J connectivity index is 1.41. The molecule has 0 fully saturated rings. The lowest BCUT2D eigenvalue weighted by Crippen LogP contribution is -2.27. The minimum Gasteiger partial charge on any atom is -0.497 e. The maximum atomic E-state index is 12.5. The van der Waals surface area contributed by atoms with Gasteiger partial charge in [0.2, 0.25) is 0 Å². The predicted molar refractivity (Wildman–Crippen MR) is 125 cm³/mol. The van der Waals surface area contributed by atoms with Crippen molar-refractivity contribution in [1.29, 1.82) is 0 Å². The third-order valence-electron chi connectivity index (χ3n) is 5.07. The molecule has 8 nitrogen and oxygen atoms in total. The Morgan fingerprint density at radius 3 is 2.45 bits per heavy atom. The molecule has 3 aromatic carbocycles. The van der Waals surface area contributed by atoms with E-state index in [-0.39, 0.29) is 18.0 Å². The Hall–Kier alpha value is -4.59. The van der Waals surface area contributed by atoms with E-state index >= 15 is 0 Å². The number of carbonyl (C=O) groups excluding carboxylic acids is 2. The van der Waals surface area contributed by atoms with Crippen LogP contribution >= 0.6 is 0 Å². The number of carbonyl (C=O) groups is 2. The van der Waals surface area contributed by atoms with Crippen molar-refractivity contribution in [2.75, 3.05) is 18.2 Å². The van der Waals surface area contributed by atoms with Crippen LogP contribution in [-0.2, 0) is 6.54 Å². The number of methoxy groups -OCH3 is 1. The minimum absolute atomic E-state index is 0.0934. The van der Waals surface area contributed by atoms with Gasteiger partial charge in [-0.1, -0.05) is 24.3 Å². The fourth-order valence-corrected chi connectivity index (χ4v) is 3.23. The summed E-state index contributed by atoms with van der Waals surface area (Å²) in [6.07, 6.45) is 0. The summed E-state index contributed by atoms with van der Waals surface area (Å²) >= 11 is 0. The van der Waals surface area contributed by atoms with E-state index in [1.165, 1.54) is 13.2 Å². The van der Waals surface area contributed by atoms with Gasteiger partial charge in [-0.05, 0) is 48.0 Å². The van der Waals surface area contributed by atoms with Crippen LogP contribution in [0.4, 0.5) is 11.4 Å². The lowest BCUT2D eigenvalue weighted by atomic mass is 10.1. The lowest BCUT2D eigenvalue weighted by molar-refractivity contribution is 0.0946. The molecule has 0 saturated carbocycles. The minimum atomic E-state index is -0.736. The molecule has 0 aliphatic carbocycles. The molecule has 4 N–H and O–H groups in total. The van der Waals surface area contributed by atoms with Crippen molar-refractivity contribution in [2.24, 2.45) is 0 Å². The van der Waals surface area contributed by atoms with E-state index in [4.69, 9.17) is 14.9 Å². The Labute approximate surface area is 189 Å². The van der Waals surface area contributed by atoms with Gasteiger partial charge in [0.15, 0.2) is 0 Å². The topological polar surface area (TPSA) is 124 Å². The number of benzene rings is 3. The monoisotopic (exact) mass is 443 g/mol. The first-order chi connectivity index (χ1) is 15.9. The van der Waals surface area contributed by atoms with Crippen LogP contribution in [-0.4, -0.2) is 18.9 Å². The second-order valence-corrected chi connectivity index (χ2v) is 7.27. The van der Waals surface area contributed by atoms with Crippen molar-refractivity contribution in [1.82, 2.24) is 5.32 Å². The average molecular weight is 443 g/mol. The summed E-state index contributed by atoms with van der Waals surface area (Å²) in [5.74, 6) is -0.302. The maximum absolute atomic E-state index is 12.5. The summed E-state index contributed by atoms with van der Waals surface area (Å²) in [4.78, 5) is 37.2. The van der Waals surface area contributed by atoms with Crippen LogP contribution in [0.25, 0.3) is 11.0 Å². The summed E-state index contributed by atoms with van der Waals surface area (Å²) in [6.45, 7) is 0.173. The number of nitrogen functional groups attached to an aromatic ring is 1. The molecule has 1 aromatic heterocycles. The van der Waals surface area contributed by atoms with Gasteiger partial charge >= 0.3 is 5.63 Å². The van der Waals surface area contributed by atoms with E-state index in [2.05, 4.69) is 10.6 Å². The summed E-state index contributed by atoms with van der Waals surface area (Å²) in [6, 6.07) is 20.2. The Bertz CT molecular complexity index is 1390. The van der Waals surface area contributed by atoms with Crippen molar-refractivity contribution < 1.29 is 18.7 Å². The largest absolute Gasteiger partial charge is 0.497 e. The summed E-state index contributed by atoms with van der Waals surface area (Å²) < 4.78 is 10.4. The third kappa shape index (κ3) is 4.85. The zero-order valence-corrected chi connectivity index (χ0v) is 17.8. The Morgan fingerprint density at radius 2 is 1.73 bits per heavy atom. The number of para-hydroxylation sites is 2. The number of hydrogen-bond acceptors (Lipinski definition) is 6. The molecule has 0 saturated heterocycles. The van der Waals surface area contributed by atoms with Gasteiger partial charge in [0.25, 0.3) is 11.8 Å². The molecule has 33 heavy (non-hydrogen) atoms. The number of fused-ring (bicyclic) bond motifs is 1. The second kappa shape index (κ2) is 9.27. The van der Waals surface area contributed by atoms with Crippen molar-refractivity contribution in [3.8, 4) is 5.75 Å². The first-order valence-electron chi connectivity index (χ1n) is 10.1. The number of ether oxygens (including phenoxy) is 1. The highest BCUT2D eigenvalue weighted by Gasteiger charge is 2.14. The molecule has 4 rings (SSSR count). The smallest absolute Gasteiger partial charge is 0.349 e. The van der Waals surface area contributed by atoms with E-state index in [0.717, 1.165) is 5.56 Å². The summed E-state index contributed by atoms with van der Waals surface area (Å²) in [7, 11) is 1.51. The molecule has 1 heterocycles. The molecule has 0 aliphatic rings. The summed E-state index contributed by atoms with van der Waals surface area (Å²) in [5, 5.41) is 6.06. The second-order valence-electron chi connectivity index (χ2n) is 7.27. The van der Waals surface area contributed by atoms with Crippen LogP contribution in [0.5, 0.6) is 5.75 Å². The lowest BCUT2D eigenvalue weighted by Gasteiger charge is -2.09. The van der Waals surface area contributed by atoms with E-state index in [1.54, 1.807) is 66.7 Å². The first-order valence-corrected chi connectivity index (χ1v) is 10.1. The highest BCUT2D eigenvalue weighted by atomic mass is 16.5. The van der Waals surface area contributed by atoms with Crippen LogP contribution in [0.1, 0.15) is 26.3 Å². The molecule has 0 atom stereocenters. The fourth-order valence-electron chi connectivity index (χ4n) is 3.23. The molecule has 0 unspecified atom stereocenters. The molecular formula is C25H21N3O5. The number of anilines is 2. The van der Waals surface area contributed by atoms with Crippen molar-refractivity contribution >= 4 is 34.2 Å². The van der Waals surface area contributed by atoms with E-state index in [0.29, 0.717) is 33.7 Å². The fraction of sp³-hybridized carbons (Fsp3) is 0.0800. The van der Waals surface area contributed by atoms with Crippen LogP contribution in [0, 0.1) is 0 Å². The molecule has 166 valence electrons. The van der Waals surface area contributed by atoms with Crippen LogP contribution in [0.15, 0.2) is 82.0 Å². The normalized spacial score (nSPS) is 10.6. The van der Waals surface area contributed by atoms with E-state index < -0.39 is 11.5 Å². The van der Waals surface area contributed by atoms with Gasteiger partial charge < -0.3 is 25.5 Å². The zero-order valence-electron chi connectivity index (χ0n) is 17.8. The number of amides is 2. The molecule has 0 bridgehead atoms. The standard InChI is InChI=1S/C25H21N3O5/c1-32-18-11-10-17-12-19(25(31)33-22(17)13-18)24(30)27-14-15-6-8-16(9-7-15)23(29)28-21-5-3-2-4-20(21)26/h2-13H,14,26H2,1H3,(H,27,30)(H,28,29). The van der Waals surface area contributed by atoms with Crippen molar-refractivity contribution in [3.63, 3.8) is 0 Å². The number of nitrogens with two attached hydrogens (primary N) is 1. The first kappa shape index (κ1) is 21.6. The molecule has 8 heteroatoms. The average Bonchev–Trinajstić information content (AvgIpc) is 2.83. The summed E-state index contributed by atoms with van der Waals surface area (Å²) in [5.41, 5.74) is 7.57. The highest BCUT2D eigenvalue weighted by Crippen LogP contribution is 2.20. The molecular weight excluding hydrogens is 422 g/mol. The molecule has 0 radical (unpaired) electrons. The number of rotatable bonds is 6. The van der Waals surface area contributed by atoms with Gasteiger partial charge in [-0.15, -0.1) is 0 Å². The van der Waals surface area contributed by atoms with Crippen LogP contribution < -0.4 is 26.7 Å². The zero-order chi connectivity index (χ0) is 23.4. The Kier molecular flexibility index (Phi) is 6.08. The highest BCUT2D eigenvalue weighted by molar-refractivity contribution is 6.05.